The van der Waals surface area contributed by atoms with Crippen molar-refractivity contribution < 1.29 is 13.2 Å². The molecule has 0 aliphatic carbocycles. The zero-order valence-electron chi connectivity index (χ0n) is 11.1. The third-order valence-corrected chi connectivity index (χ3v) is 5.85. The minimum atomic E-state index is -4.33. The Labute approximate surface area is 129 Å². The molecule has 0 amide bonds. The molecule has 2 aromatic rings. The monoisotopic (exact) mass is 329 g/mol. The third kappa shape index (κ3) is 3.12. The fraction of sp³-hybridized carbons (Fsp3) is 0.333. The van der Waals surface area contributed by atoms with Crippen molar-refractivity contribution in [3.05, 3.63) is 56.8 Å². The van der Waals surface area contributed by atoms with Crippen LogP contribution in [0.4, 0.5) is 13.2 Å². The standard InChI is InChI=1S/C15H14F3NS2/c16-15(17,18)11-3-1-2-9(6-11)14(19)13-7-10-8-20-5-4-12(10)21-13/h1-3,6-7,14H,4-5,8,19H2. The maximum Gasteiger partial charge on any atom is 0.416 e. The molecule has 1 unspecified atom stereocenters. The number of rotatable bonds is 2. The SMILES string of the molecule is NC(c1cccc(C(F)(F)F)c1)c1cc2c(s1)CCSC2. The second-order valence-corrected chi connectivity index (χ2v) is 7.27. The molecule has 1 aliphatic heterocycles. The smallest absolute Gasteiger partial charge is 0.320 e. The van der Waals surface area contributed by atoms with Gasteiger partial charge < -0.3 is 5.73 Å². The van der Waals surface area contributed by atoms with Gasteiger partial charge in [-0.1, -0.05) is 12.1 Å². The van der Waals surface area contributed by atoms with Gasteiger partial charge in [-0.15, -0.1) is 11.3 Å². The summed E-state index contributed by atoms with van der Waals surface area (Å²) in [6.45, 7) is 0. The predicted molar refractivity (Wildman–Crippen MR) is 81.7 cm³/mol. The molecule has 21 heavy (non-hydrogen) atoms. The minimum Gasteiger partial charge on any atom is -0.320 e. The normalized spacial score (nSPS) is 16.6. The van der Waals surface area contributed by atoms with E-state index in [1.165, 1.54) is 16.5 Å². The van der Waals surface area contributed by atoms with Crippen molar-refractivity contribution >= 4 is 23.1 Å². The first-order valence-electron chi connectivity index (χ1n) is 6.57. The van der Waals surface area contributed by atoms with Crippen molar-refractivity contribution in [2.75, 3.05) is 5.75 Å². The lowest BCUT2D eigenvalue weighted by atomic mass is 10.0. The molecule has 1 nitrogen and oxygen atoms in total. The molecule has 3 rings (SSSR count). The number of hydrogen-bond donors (Lipinski definition) is 1. The molecule has 6 heteroatoms. The number of alkyl halides is 3. The van der Waals surface area contributed by atoms with Gasteiger partial charge in [0.05, 0.1) is 11.6 Å². The fourth-order valence-corrected chi connectivity index (χ4v) is 4.80. The second kappa shape index (κ2) is 5.66. The average Bonchev–Trinajstić information content (AvgIpc) is 2.89. The number of thioether (sulfide) groups is 1. The Hall–Kier alpha value is -0.980. The molecule has 1 atom stereocenters. The molecule has 2 heterocycles. The number of hydrogen-bond acceptors (Lipinski definition) is 3. The summed E-state index contributed by atoms with van der Waals surface area (Å²) in [5.74, 6) is 2.08. The van der Waals surface area contributed by atoms with Crippen LogP contribution in [0, 0.1) is 0 Å². The van der Waals surface area contributed by atoms with Gasteiger partial charge in [-0.3, -0.25) is 0 Å². The summed E-state index contributed by atoms with van der Waals surface area (Å²) in [5.41, 5.74) is 7.33. The van der Waals surface area contributed by atoms with Crippen LogP contribution in [0.1, 0.15) is 32.5 Å². The van der Waals surface area contributed by atoms with Crippen molar-refractivity contribution in [2.45, 2.75) is 24.4 Å². The lowest BCUT2D eigenvalue weighted by Crippen LogP contribution is -2.12. The van der Waals surface area contributed by atoms with E-state index in [9.17, 15) is 13.2 Å². The van der Waals surface area contributed by atoms with Crippen LogP contribution in [0.2, 0.25) is 0 Å². The van der Waals surface area contributed by atoms with Crippen LogP contribution in [0.3, 0.4) is 0 Å². The lowest BCUT2D eigenvalue weighted by Gasteiger charge is -2.13. The highest BCUT2D eigenvalue weighted by Crippen LogP contribution is 2.37. The number of aryl methyl sites for hydroxylation is 1. The Morgan fingerprint density at radius 2 is 2.00 bits per heavy atom. The third-order valence-electron chi connectivity index (χ3n) is 3.53. The van der Waals surface area contributed by atoms with Crippen molar-refractivity contribution in [2.24, 2.45) is 5.73 Å². The van der Waals surface area contributed by atoms with E-state index < -0.39 is 17.8 Å². The van der Waals surface area contributed by atoms with Gasteiger partial charge >= 0.3 is 6.18 Å². The van der Waals surface area contributed by atoms with E-state index in [1.54, 1.807) is 17.4 Å². The molecule has 1 aromatic heterocycles. The number of halogens is 3. The molecule has 0 radical (unpaired) electrons. The fourth-order valence-electron chi connectivity index (χ4n) is 2.40. The predicted octanol–water partition coefficient (Wildman–Crippen LogP) is 4.60. The van der Waals surface area contributed by atoms with E-state index in [2.05, 4.69) is 6.07 Å². The van der Waals surface area contributed by atoms with E-state index in [0.717, 1.165) is 34.9 Å². The number of fused-ring (bicyclic) bond motifs is 1. The molecule has 0 bridgehead atoms. The molecule has 0 fully saturated rings. The van der Waals surface area contributed by atoms with Crippen LogP contribution in [-0.2, 0) is 18.3 Å². The van der Waals surface area contributed by atoms with Crippen LogP contribution in [0.15, 0.2) is 30.3 Å². The molecule has 0 saturated heterocycles. The maximum absolute atomic E-state index is 12.8. The maximum atomic E-state index is 12.8. The topological polar surface area (TPSA) is 26.0 Å². The average molecular weight is 329 g/mol. The highest BCUT2D eigenvalue weighted by atomic mass is 32.2. The molecular formula is C15H14F3NS2. The largest absolute Gasteiger partial charge is 0.416 e. The summed E-state index contributed by atoms with van der Waals surface area (Å²) in [4.78, 5) is 2.27. The van der Waals surface area contributed by atoms with E-state index in [0.29, 0.717) is 5.56 Å². The van der Waals surface area contributed by atoms with Crippen LogP contribution < -0.4 is 5.73 Å². The van der Waals surface area contributed by atoms with Gasteiger partial charge in [0.25, 0.3) is 0 Å². The molecule has 0 saturated carbocycles. The molecule has 1 aromatic carbocycles. The highest BCUT2D eigenvalue weighted by molar-refractivity contribution is 7.98. The lowest BCUT2D eigenvalue weighted by molar-refractivity contribution is -0.137. The summed E-state index contributed by atoms with van der Waals surface area (Å²) in [5, 5.41) is 0. The summed E-state index contributed by atoms with van der Waals surface area (Å²) in [6, 6.07) is 6.86. The Kier molecular flexibility index (Phi) is 4.03. The molecule has 2 N–H and O–H groups in total. The summed E-state index contributed by atoms with van der Waals surface area (Å²) in [7, 11) is 0. The van der Waals surface area contributed by atoms with Gasteiger partial charge in [0.2, 0.25) is 0 Å². The van der Waals surface area contributed by atoms with Gasteiger partial charge in [-0.2, -0.15) is 24.9 Å². The van der Waals surface area contributed by atoms with Crippen LogP contribution >= 0.6 is 23.1 Å². The quantitative estimate of drug-likeness (QED) is 0.871. The first-order chi connectivity index (χ1) is 9.95. The van der Waals surface area contributed by atoms with Gasteiger partial charge in [0, 0.05) is 15.5 Å². The van der Waals surface area contributed by atoms with Gasteiger partial charge in [0.15, 0.2) is 0 Å². The summed E-state index contributed by atoms with van der Waals surface area (Å²) < 4.78 is 38.3. The Morgan fingerprint density at radius 1 is 1.19 bits per heavy atom. The summed E-state index contributed by atoms with van der Waals surface area (Å²) >= 11 is 3.51. The van der Waals surface area contributed by atoms with Gasteiger partial charge in [-0.05, 0) is 41.5 Å². The number of thiophene rings is 1. The van der Waals surface area contributed by atoms with Crippen molar-refractivity contribution in [1.82, 2.24) is 0 Å². The molecule has 112 valence electrons. The zero-order valence-corrected chi connectivity index (χ0v) is 12.7. The van der Waals surface area contributed by atoms with Gasteiger partial charge in [0.1, 0.15) is 0 Å². The second-order valence-electron chi connectivity index (χ2n) is 5.00. The van der Waals surface area contributed by atoms with E-state index >= 15 is 0 Å². The first kappa shape index (κ1) is 14.9. The van der Waals surface area contributed by atoms with E-state index in [4.69, 9.17) is 5.73 Å². The van der Waals surface area contributed by atoms with Crippen molar-refractivity contribution in [3.63, 3.8) is 0 Å². The number of benzene rings is 1. The highest BCUT2D eigenvalue weighted by Gasteiger charge is 2.31. The molecule has 0 spiro atoms. The first-order valence-corrected chi connectivity index (χ1v) is 8.54. The van der Waals surface area contributed by atoms with E-state index in [-0.39, 0.29) is 0 Å². The van der Waals surface area contributed by atoms with Crippen molar-refractivity contribution in [1.29, 1.82) is 0 Å². The molecule has 1 aliphatic rings. The van der Waals surface area contributed by atoms with Crippen LogP contribution in [-0.4, -0.2) is 5.75 Å². The zero-order chi connectivity index (χ0) is 15.0. The van der Waals surface area contributed by atoms with E-state index in [1.807, 2.05) is 11.8 Å². The van der Waals surface area contributed by atoms with Crippen LogP contribution in [0.25, 0.3) is 0 Å². The Bertz CT molecular complexity index is 625. The molecular weight excluding hydrogens is 315 g/mol. The Morgan fingerprint density at radius 3 is 2.71 bits per heavy atom. The number of nitrogens with two attached hydrogens (primary N) is 1. The summed E-state index contributed by atoms with van der Waals surface area (Å²) in [6.07, 6.45) is -3.30. The van der Waals surface area contributed by atoms with Crippen molar-refractivity contribution in [3.8, 4) is 0 Å². The van der Waals surface area contributed by atoms with Gasteiger partial charge in [-0.25, -0.2) is 0 Å². The van der Waals surface area contributed by atoms with Crippen LogP contribution in [0.5, 0.6) is 0 Å². The minimum absolute atomic E-state index is 0.493. The Balaban J connectivity index is 1.91.